The summed E-state index contributed by atoms with van der Waals surface area (Å²) in [5.74, 6) is -0.186. The van der Waals surface area contributed by atoms with E-state index in [1.165, 1.54) is 4.90 Å². The molecule has 21 heavy (non-hydrogen) atoms. The quantitative estimate of drug-likeness (QED) is 0.767. The van der Waals surface area contributed by atoms with Crippen LogP contribution >= 0.6 is 0 Å². The Labute approximate surface area is 125 Å². The molecular weight excluding hydrogens is 268 g/mol. The lowest BCUT2D eigenvalue weighted by molar-refractivity contribution is -0.131. The number of amides is 2. The number of nitrogens with one attached hydrogen (secondary N) is 1. The topological polar surface area (TPSA) is 78.7 Å². The zero-order valence-electron chi connectivity index (χ0n) is 13.1. The lowest BCUT2D eigenvalue weighted by Crippen LogP contribution is -2.46. The van der Waals surface area contributed by atoms with Gasteiger partial charge in [-0.3, -0.25) is 14.5 Å². The molecule has 0 aliphatic carbocycles. The first-order chi connectivity index (χ1) is 9.85. The fraction of sp³-hybridized carbons (Fsp3) is 0.467. The van der Waals surface area contributed by atoms with Gasteiger partial charge in [-0.25, -0.2) is 0 Å². The number of carbonyl (C=O) groups excluding carboxylic acids is 2. The molecule has 0 radical (unpaired) electrons. The van der Waals surface area contributed by atoms with Gasteiger partial charge in [0.25, 0.3) is 0 Å². The summed E-state index contributed by atoms with van der Waals surface area (Å²) in [7, 11) is 3.40. The molecule has 1 aromatic carbocycles. The van der Waals surface area contributed by atoms with E-state index in [4.69, 9.17) is 5.73 Å². The fourth-order valence-corrected chi connectivity index (χ4v) is 1.87. The number of nitrogens with two attached hydrogens (primary N) is 1. The molecule has 0 fully saturated rings. The molecule has 0 aromatic heterocycles. The third-order valence-electron chi connectivity index (χ3n) is 3.32. The van der Waals surface area contributed by atoms with Crippen LogP contribution in [0.2, 0.25) is 0 Å². The van der Waals surface area contributed by atoms with Crippen LogP contribution in [0.1, 0.15) is 13.8 Å². The van der Waals surface area contributed by atoms with Crippen LogP contribution in [-0.2, 0) is 9.59 Å². The van der Waals surface area contributed by atoms with Gasteiger partial charge in [0.1, 0.15) is 0 Å². The van der Waals surface area contributed by atoms with Crippen molar-refractivity contribution in [2.75, 3.05) is 38.2 Å². The van der Waals surface area contributed by atoms with E-state index in [1.54, 1.807) is 45.3 Å². The third-order valence-corrected chi connectivity index (χ3v) is 3.32. The van der Waals surface area contributed by atoms with Crippen LogP contribution in [0.3, 0.4) is 0 Å². The summed E-state index contributed by atoms with van der Waals surface area (Å²) in [5.41, 5.74) is 6.93. The van der Waals surface area contributed by atoms with Crippen LogP contribution in [0.4, 0.5) is 11.4 Å². The summed E-state index contributed by atoms with van der Waals surface area (Å²) >= 11 is 0. The minimum absolute atomic E-state index is 0.0274. The second-order valence-corrected chi connectivity index (χ2v) is 5.14. The van der Waals surface area contributed by atoms with Crippen molar-refractivity contribution in [1.82, 2.24) is 9.80 Å². The van der Waals surface area contributed by atoms with Gasteiger partial charge in [0, 0.05) is 25.5 Å². The first kappa shape index (κ1) is 17.0. The summed E-state index contributed by atoms with van der Waals surface area (Å²) in [5, 5.41) is 2.81. The van der Waals surface area contributed by atoms with Crippen molar-refractivity contribution in [3.05, 3.63) is 24.3 Å². The van der Waals surface area contributed by atoms with Gasteiger partial charge in [-0.15, -0.1) is 0 Å². The van der Waals surface area contributed by atoms with Crippen LogP contribution in [0, 0.1) is 0 Å². The number of anilines is 2. The van der Waals surface area contributed by atoms with E-state index in [1.807, 2.05) is 11.8 Å². The minimum atomic E-state index is -0.402. The summed E-state index contributed by atoms with van der Waals surface area (Å²) in [6.45, 7) is 4.54. The first-order valence-electron chi connectivity index (χ1n) is 6.95. The van der Waals surface area contributed by atoms with Crippen molar-refractivity contribution in [2.45, 2.75) is 19.9 Å². The van der Waals surface area contributed by atoms with Crippen LogP contribution in [0.5, 0.6) is 0 Å². The molecule has 0 saturated carbocycles. The highest BCUT2D eigenvalue weighted by Crippen LogP contribution is 2.13. The van der Waals surface area contributed by atoms with Crippen LogP contribution < -0.4 is 11.1 Å². The number of hydrogen-bond acceptors (Lipinski definition) is 4. The van der Waals surface area contributed by atoms with Gasteiger partial charge >= 0.3 is 0 Å². The molecule has 0 aliphatic rings. The van der Waals surface area contributed by atoms with Gasteiger partial charge in [0.2, 0.25) is 11.8 Å². The highest BCUT2D eigenvalue weighted by molar-refractivity contribution is 5.95. The molecule has 1 unspecified atom stereocenters. The average molecular weight is 292 g/mol. The second-order valence-electron chi connectivity index (χ2n) is 5.14. The molecule has 6 nitrogen and oxygen atoms in total. The van der Waals surface area contributed by atoms with Gasteiger partial charge in [-0.2, -0.15) is 0 Å². The van der Waals surface area contributed by atoms with E-state index < -0.39 is 6.04 Å². The zero-order valence-corrected chi connectivity index (χ0v) is 13.1. The van der Waals surface area contributed by atoms with Crippen molar-refractivity contribution in [1.29, 1.82) is 0 Å². The van der Waals surface area contributed by atoms with E-state index in [0.717, 1.165) is 0 Å². The Balaban J connectivity index is 2.69. The summed E-state index contributed by atoms with van der Waals surface area (Å²) in [6, 6.07) is 6.62. The van der Waals surface area contributed by atoms with E-state index in [0.29, 0.717) is 17.9 Å². The Morgan fingerprint density at radius 2 is 2.00 bits per heavy atom. The van der Waals surface area contributed by atoms with Crippen molar-refractivity contribution in [3.63, 3.8) is 0 Å². The fourth-order valence-electron chi connectivity index (χ4n) is 1.87. The average Bonchev–Trinajstić information content (AvgIpc) is 2.43. The van der Waals surface area contributed by atoms with Crippen molar-refractivity contribution in [2.24, 2.45) is 0 Å². The Morgan fingerprint density at radius 3 is 2.52 bits per heavy atom. The van der Waals surface area contributed by atoms with Gasteiger partial charge in [0.15, 0.2) is 0 Å². The van der Waals surface area contributed by atoms with Crippen LogP contribution in [-0.4, -0.2) is 54.8 Å². The summed E-state index contributed by atoms with van der Waals surface area (Å²) < 4.78 is 0. The second kappa shape index (κ2) is 7.64. The van der Waals surface area contributed by atoms with Gasteiger partial charge in [-0.1, -0.05) is 13.0 Å². The number of nitrogen functional groups attached to an aromatic ring is 1. The molecule has 0 heterocycles. The summed E-state index contributed by atoms with van der Waals surface area (Å²) in [6.07, 6.45) is 0. The number of hydrogen-bond donors (Lipinski definition) is 2. The molecule has 0 spiro atoms. The number of nitrogens with zero attached hydrogens (tertiary/aromatic N) is 2. The maximum Gasteiger partial charge on any atom is 0.241 e. The maximum absolute atomic E-state index is 12.3. The molecule has 0 aliphatic heterocycles. The Morgan fingerprint density at radius 1 is 1.33 bits per heavy atom. The first-order valence-corrected chi connectivity index (χ1v) is 6.95. The lowest BCUT2D eigenvalue weighted by atomic mass is 10.2. The van der Waals surface area contributed by atoms with Crippen LogP contribution in [0.25, 0.3) is 0 Å². The smallest absolute Gasteiger partial charge is 0.241 e. The van der Waals surface area contributed by atoms with Gasteiger partial charge in [-0.05, 0) is 31.7 Å². The monoisotopic (exact) mass is 292 g/mol. The number of rotatable bonds is 6. The highest BCUT2D eigenvalue weighted by Gasteiger charge is 2.22. The van der Waals surface area contributed by atoms with E-state index in [9.17, 15) is 9.59 Å². The van der Waals surface area contributed by atoms with Crippen molar-refractivity contribution in [3.8, 4) is 0 Å². The predicted octanol–water partition coefficient (Wildman–Crippen LogP) is 1.01. The van der Waals surface area contributed by atoms with E-state index >= 15 is 0 Å². The van der Waals surface area contributed by atoms with Crippen LogP contribution in [0.15, 0.2) is 24.3 Å². The summed E-state index contributed by atoms with van der Waals surface area (Å²) in [4.78, 5) is 27.4. The Kier molecular flexibility index (Phi) is 6.17. The largest absolute Gasteiger partial charge is 0.399 e. The normalized spacial score (nSPS) is 12.0. The molecule has 1 atom stereocenters. The molecule has 1 aromatic rings. The minimum Gasteiger partial charge on any atom is -0.399 e. The molecule has 3 N–H and O–H groups in total. The van der Waals surface area contributed by atoms with E-state index in [2.05, 4.69) is 5.32 Å². The van der Waals surface area contributed by atoms with Gasteiger partial charge in [0.05, 0.1) is 12.6 Å². The molecule has 0 bridgehead atoms. The number of benzene rings is 1. The molecular formula is C15H24N4O2. The van der Waals surface area contributed by atoms with Gasteiger partial charge < -0.3 is 16.0 Å². The Hall–Kier alpha value is -2.08. The lowest BCUT2D eigenvalue weighted by Gasteiger charge is -2.27. The number of likely N-dealkylation sites (N-methyl/N-ethyl adjacent to an activating group) is 2. The Bertz CT molecular complexity index is 502. The zero-order chi connectivity index (χ0) is 16.0. The molecule has 116 valence electrons. The predicted molar refractivity (Wildman–Crippen MR) is 84.9 cm³/mol. The third kappa shape index (κ3) is 5.07. The number of carbonyl (C=O) groups is 2. The molecule has 0 saturated heterocycles. The molecule has 2 amide bonds. The molecule has 1 rings (SSSR count). The standard InChI is InChI=1S/C15H24N4O2/c1-5-19(10-14(20)18(3)4)11(2)15(21)17-13-8-6-7-12(16)9-13/h6-9,11H,5,10,16H2,1-4H3,(H,17,21). The maximum atomic E-state index is 12.3. The van der Waals surface area contributed by atoms with E-state index in [-0.39, 0.29) is 18.4 Å². The van der Waals surface area contributed by atoms with Crippen molar-refractivity contribution >= 4 is 23.2 Å². The SMILES string of the molecule is CCN(CC(=O)N(C)C)C(C)C(=O)Nc1cccc(N)c1. The highest BCUT2D eigenvalue weighted by atomic mass is 16.2. The van der Waals surface area contributed by atoms with Crippen molar-refractivity contribution < 1.29 is 9.59 Å². The molecule has 6 heteroatoms.